The van der Waals surface area contributed by atoms with E-state index in [-0.39, 0.29) is 21.3 Å². The van der Waals surface area contributed by atoms with E-state index in [4.69, 9.17) is 14.2 Å². The molecule has 0 saturated carbocycles. The van der Waals surface area contributed by atoms with Gasteiger partial charge in [-0.05, 0) is 39.0 Å². The number of hydrogen-bond donors (Lipinski definition) is 0. The first-order chi connectivity index (χ1) is 8.45. The van der Waals surface area contributed by atoms with Gasteiger partial charge in [-0.25, -0.2) is 0 Å². The molecule has 0 aliphatic rings. The zero-order valence-electron chi connectivity index (χ0n) is 12.9. The molecule has 0 heterocycles. The van der Waals surface area contributed by atoms with Crippen LogP contribution in [0.1, 0.15) is 0 Å². The van der Waals surface area contributed by atoms with Gasteiger partial charge in [0.15, 0.2) is 0 Å². The third kappa shape index (κ3) is 8.77. The van der Waals surface area contributed by atoms with E-state index >= 15 is 0 Å². The van der Waals surface area contributed by atoms with Gasteiger partial charge in [-0.1, -0.05) is 0 Å². The van der Waals surface area contributed by atoms with Crippen molar-refractivity contribution in [1.82, 2.24) is 0 Å². The first kappa shape index (κ1) is 18.7. The fraction of sp³-hybridized carbons (Fsp3) is 1.00. The predicted octanol–water partition coefficient (Wildman–Crippen LogP) is 2.77. The van der Waals surface area contributed by atoms with Crippen molar-refractivity contribution in [2.75, 3.05) is 79.6 Å². The van der Waals surface area contributed by atoms with Crippen molar-refractivity contribution in [3.63, 3.8) is 0 Å². The van der Waals surface area contributed by atoms with Crippen LogP contribution in [0, 0.1) is 5.41 Å². The zero-order valence-corrected chi connectivity index (χ0v) is 14.7. The predicted molar refractivity (Wildman–Crippen MR) is 84.3 cm³/mol. The minimum absolute atomic E-state index is 0.0641. The van der Waals surface area contributed by atoms with Crippen molar-refractivity contribution >= 4 is 15.8 Å². The number of hydrogen-bond acceptors (Lipinski definition) is 3. The highest BCUT2D eigenvalue weighted by molar-refractivity contribution is 7.57. The Morgan fingerprint density at radius 1 is 0.778 bits per heavy atom. The average Bonchev–Trinajstić information content (AvgIpc) is 2.23. The van der Waals surface area contributed by atoms with Crippen LogP contribution in [0.3, 0.4) is 0 Å². The van der Waals surface area contributed by atoms with Crippen LogP contribution < -0.4 is 0 Å². The lowest BCUT2D eigenvalue weighted by Gasteiger charge is -2.36. The largest absolute Gasteiger partial charge is 0.384 e. The van der Waals surface area contributed by atoms with E-state index in [1.165, 1.54) is 12.3 Å². The summed E-state index contributed by atoms with van der Waals surface area (Å²) in [4.78, 5) is 0. The molecule has 0 amide bonds. The molecule has 0 spiro atoms. The summed E-state index contributed by atoms with van der Waals surface area (Å²) in [7, 11) is 3.63. The summed E-state index contributed by atoms with van der Waals surface area (Å²) >= 11 is 0. The van der Waals surface area contributed by atoms with Gasteiger partial charge in [0.2, 0.25) is 0 Å². The summed E-state index contributed by atoms with van der Waals surface area (Å²) in [5, 5.41) is 0. The second-order valence-electron chi connectivity index (χ2n) is 5.45. The smallest absolute Gasteiger partial charge is 0.0700 e. The maximum atomic E-state index is 5.81. The molecule has 0 unspecified atom stereocenters. The molecule has 5 heteroatoms. The molecule has 0 fully saturated rings. The normalized spacial score (nSPS) is 12.7. The Morgan fingerprint density at radius 2 is 1.33 bits per heavy atom. The highest BCUT2D eigenvalue weighted by Gasteiger charge is 2.32. The van der Waals surface area contributed by atoms with Crippen molar-refractivity contribution in [3.05, 3.63) is 0 Å². The molecule has 0 aromatic carbocycles. The van der Waals surface area contributed by atoms with Crippen LogP contribution in [0.15, 0.2) is 0 Å². The molecule has 0 saturated heterocycles. The van der Waals surface area contributed by atoms with Crippen molar-refractivity contribution < 1.29 is 14.2 Å². The molecule has 110 valence electrons. The van der Waals surface area contributed by atoms with Crippen molar-refractivity contribution in [2.24, 2.45) is 5.41 Å². The van der Waals surface area contributed by atoms with Crippen LogP contribution in [0.25, 0.3) is 0 Å². The number of methoxy groups -OCH3 is 2. The van der Waals surface area contributed by atoms with Gasteiger partial charge >= 0.3 is 0 Å². The van der Waals surface area contributed by atoms with Gasteiger partial charge in [0, 0.05) is 19.6 Å². The zero-order chi connectivity index (χ0) is 14.0. The van der Waals surface area contributed by atoms with Crippen LogP contribution in [-0.2, 0) is 14.2 Å². The molecule has 3 nitrogen and oxygen atoms in total. The van der Waals surface area contributed by atoms with Crippen LogP contribution in [0.4, 0.5) is 0 Å². The van der Waals surface area contributed by atoms with Crippen molar-refractivity contribution in [3.8, 4) is 0 Å². The van der Waals surface area contributed by atoms with Gasteiger partial charge in [0.05, 0.1) is 26.4 Å². The Hall–Kier alpha value is 0.740. The summed E-state index contributed by atoms with van der Waals surface area (Å²) < 4.78 is 16.3. The minimum atomic E-state index is 0.0641. The third-order valence-corrected chi connectivity index (χ3v) is 5.20. The average molecular weight is 296 g/mol. The second kappa shape index (κ2) is 10.5. The molecule has 0 rings (SSSR count). The lowest BCUT2D eigenvalue weighted by Crippen LogP contribution is -2.38. The summed E-state index contributed by atoms with van der Waals surface area (Å²) in [5.41, 5.74) is 0.201. The quantitative estimate of drug-likeness (QED) is 0.433. The molecule has 0 atom stereocenters. The first-order valence-corrected chi connectivity index (χ1v) is 11.1. The van der Waals surface area contributed by atoms with E-state index in [9.17, 15) is 0 Å². The summed E-state index contributed by atoms with van der Waals surface area (Å²) in [6.45, 7) is 12.3. The fourth-order valence-corrected chi connectivity index (χ4v) is 5.80. The van der Waals surface area contributed by atoms with Crippen LogP contribution >= 0.6 is 15.8 Å². The van der Waals surface area contributed by atoms with Gasteiger partial charge in [-0.15, -0.1) is 15.8 Å². The van der Waals surface area contributed by atoms with Crippen molar-refractivity contribution in [1.29, 1.82) is 0 Å². The van der Waals surface area contributed by atoms with E-state index in [2.05, 4.69) is 26.7 Å². The molecular formula is C13H30O3P2. The maximum absolute atomic E-state index is 5.81. The topological polar surface area (TPSA) is 27.7 Å². The Morgan fingerprint density at radius 3 is 1.72 bits per heavy atom. The highest BCUT2D eigenvalue weighted by Crippen LogP contribution is 2.42. The SMILES string of the molecule is COCCOCC(COC)(CP(C)C)CP(C)C. The second-order valence-corrected chi connectivity index (χ2v) is 10.4. The standard InChI is InChI=1S/C13H30O3P2/c1-14-7-8-16-10-13(9-15-2,11-17(3)4)12-18(5)6/h7-12H2,1-6H3. The van der Waals surface area contributed by atoms with E-state index in [0.717, 1.165) is 13.2 Å². The lowest BCUT2D eigenvalue weighted by atomic mass is 9.95. The monoisotopic (exact) mass is 296 g/mol. The van der Waals surface area contributed by atoms with Crippen molar-refractivity contribution in [2.45, 2.75) is 0 Å². The number of ether oxygens (including phenoxy) is 3. The van der Waals surface area contributed by atoms with Crippen LogP contribution in [0.2, 0.25) is 0 Å². The minimum Gasteiger partial charge on any atom is -0.384 e. The third-order valence-electron chi connectivity index (χ3n) is 2.59. The maximum Gasteiger partial charge on any atom is 0.0700 e. The molecule has 0 aliphatic carbocycles. The van der Waals surface area contributed by atoms with Gasteiger partial charge < -0.3 is 14.2 Å². The first-order valence-electron chi connectivity index (χ1n) is 6.31. The molecule has 0 aromatic rings. The fourth-order valence-electron chi connectivity index (χ4n) is 2.35. The molecule has 0 aliphatic heterocycles. The van der Waals surface area contributed by atoms with E-state index in [1.54, 1.807) is 14.2 Å². The Kier molecular flexibility index (Phi) is 11.0. The lowest BCUT2D eigenvalue weighted by molar-refractivity contribution is -0.000898. The summed E-state index contributed by atoms with van der Waals surface area (Å²) in [5.74, 6) is 0. The Labute approximate surface area is 115 Å². The van der Waals surface area contributed by atoms with Gasteiger partial charge in [-0.2, -0.15) is 0 Å². The molecule has 0 aromatic heterocycles. The van der Waals surface area contributed by atoms with E-state index < -0.39 is 0 Å². The molecular weight excluding hydrogens is 266 g/mol. The van der Waals surface area contributed by atoms with E-state index in [1.807, 2.05) is 0 Å². The molecule has 0 bridgehead atoms. The Balaban J connectivity index is 4.49. The number of rotatable bonds is 11. The summed E-state index contributed by atoms with van der Waals surface area (Å²) in [6.07, 6.45) is 2.45. The van der Waals surface area contributed by atoms with Crippen LogP contribution in [-0.4, -0.2) is 79.6 Å². The summed E-state index contributed by atoms with van der Waals surface area (Å²) in [6, 6.07) is 0. The molecule has 0 radical (unpaired) electrons. The van der Waals surface area contributed by atoms with Gasteiger partial charge in [0.25, 0.3) is 0 Å². The van der Waals surface area contributed by atoms with Crippen LogP contribution in [0.5, 0.6) is 0 Å². The van der Waals surface area contributed by atoms with E-state index in [0.29, 0.717) is 13.2 Å². The molecule has 18 heavy (non-hydrogen) atoms. The van der Waals surface area contributed by atoms with Gasteiger partial charge in [0.1, 0.15) is 0 Å². The highest BCUT2D eigenvalue weighted by atomic mass is 31.1. The molecule has 0 N–H and O–H groups in total. The van der Waals surface area contributed by atoms with Gasteiger partial charge in [-0.3, -0.25) is 0 Å². The Bertz CT molecular complexity index is 189.